The molecule has 0 saturated heterocycles. The van der Waals surface area contributed by atoms with Crippen molar-refractivity contribution in [3.05, 3.63) is 39.8 Å². The molecular formula is C19H25N3O4S2. The molecule has 7 nitrogen and oxygen atoms in total. The van der Waals surface area contributed by atoms with Crippen molar-refractivity contribution in [3.63, 3.8) is 0 Å². The summed E-state index contributed by atoms with van der Waals surface area (Å²) in [5.41, 5.74) is -0.0152. The highest BCUT2D eigenvalue weighted by molar-refractivity contribution is 7.90. The SMILES string of the molecule is Cc1cc(S(C)(=O)=O)cc(=O)n1[C@@H](CC1CCCCC1)C(=O)Nc1nccs1. The van der Waals surface area contributed by atoms with Crippen LogP contribution in [0.1, 0.15) is 50.3 Å². The van der Waals surface area contributed by atoms with Crippen LogP contribution in [0.15, 0.2) is 33.4 Å². The molecule has 1 fully saturated rings. The Hall–Kier alpha value is -2.00. The van der Waals surface area contributed by atoms with Gasteiger partial charge in [0.1, 0.15) is 6.04 Å². The molecule has 0 unspecified atom stereocenters. The number of carbonyl (C=O) groups is 1. The van der Waals surface area contributed by atoms with Gasteiger partial charge in [-0.15, -0.1) is 11.3 Å². The van der Waals surface area contributed by atoms with E-state index < -0.39 is 21.4 Å². The third kappa shape index (κ3) is 4.88. The molecule has 2 heterocycles. The molecule has 0 aliphatic heterocycles. The lowest BCUT2D eigenvalue weighted by Crippen LogP contribution is -2.36. The van der Waals surface area contributed by atoms with Gasteiger partial charge in [-0.2, -0.15) is 0 Å². The molecule has 9 heteroatoms. The Bertz CT molecular complexity index is 991. The van der Waals surface area contributed by atoms with Crippen LogP contribution in [0.5, 0.6) is 0 Å². The van der Waals surface area contributed by atoms with Crippen LogP contribution in [0, 0.1) is 12.8 Å². The summed E-state index contributed by atoms with van der Waals surface area (Å²) in [6.07, 6.45) is 8.77. The maximum atomic E-state index is 13.0. The Balaban J connectivity index is 1.97. The van der Waals surface area contributed by atoms with Gasteiger partial charge in [0.25, 0.3) is 5.56 Å². The fourth-order valence-electron chi connectivity index (χ4n) is 3.84. The topological polar surface area (TPSA) is 98.1 Å². The average molecular weight is 424 g/mol. The van der Waals surface area contributed by atoms with E-state index in [0.29, 0.717) is 23.2 Å². The van der Waals surface area contributed by atoms with Crippen molar-refractivity contribution in [2.45, 2.75) is 56.4 Å². The van der Waals surface area contributed by atoms with Crippen LogP contribution < -0.4 is 10.9 Å². The van der Waals surface area contributed by atoms with Gasteiger partial charge in [-0.05, 0) is 25.3 Å². The van der Waals surface area contributed by atoms with Crippen molar-refractivity contribution in [2.75, 3.05) is 11.6 Å². The maximum absolute atomic E-state index is 13.0. The zero-order valence-electron chi connectivity index (χ0n) is 16.1. The molecular weight excluding hydrogens is 398 g/mol. The van der Waals surface area contributed by atoms with E-state index in [0.717, 1.165) is 38.0 Å². The number of rotatable bonds is 6. The summed E-state index contributed by atoms with van der Waals surface area (Å²) in [5, 5.41) is 5.05. The largest absolute Gasteiger partial charge is 0.300 e. The zero-order valence-corrected chi connectivity index (χ0v) is 17.7. The molecule has 2 aromatic heterocycles. The molecule has 3 rings (SSSR count). The molecule has 1 atom stereocenters. The predicted molar refractivity (Wildman–Crippen MR) is 110 cm³/mol. The monoisotopic (exact) mass is 423 g/mol. The van der Waals surface area contributed by atoms with Gasteiger partial charge in [-0.1, -0.05) is 32.1 Å². The Kier molecular flexibility index (Phi) is 6.34. The number of thiazole rings is 1. The van der Waals surface area contributed by atoms with Crippen molar-refractivity contribution in [2.24, 2.45) is 5.92 Å². The van der Waals surface area contributed by atoms with E-state index in [4.69, 9.17) is 0 Å². The van der Waals surface area contributed by atoms with Gasteiger partial charge < -0.3 is 9.88 Å². The van der Waals surface area contributed by atoms with Crippen molar-refractivity contribution in [3.8, 4) is 0 Å². The number of anilines is 1. The first-order valence-corrected chi connectivity index (χ1v) is 12.2. The summed E-state index contributed by atoms with van der Waals surface area (Å²) in [5.74, 6) is 0.0690. The van der Waals surface area contributed by atoms with E-state index in [-0.39, 0.29) is 10.8 Å². The van der Waals surface area contributed by atoms with Gasteiger partial charge in [0.2, 0.25) is 5.91 Å². The molecule has 0 spiro atoms. The smallest absolute Gasteiger partial charge is 0.252 e. The number of nitrogens with zero attached hydrogens (tertiary/aromatic N) is 2. The summed E-state index contributed by atoms with van der Waals surface area (Å²) < 4.78 is 25.1. The first-order chi connectivity index (χ1) is 13.3. The summed E-state index contributed by atoms with van der Waals surface area (Å²) >= 11 is 1.31. The molecule has 1 aliphatic carbocycles. The van der Waals surface area contributed by atoms with Crippen LogP contribution in [0.3, 0.4) is 0 Å². The Morgan fingerprint density at radius 3 is 2.61 bits per heavy atom. The van der Waals surface area contributed by atoms with Crippen molar-refractivity contribution >= 4 is 32.2 Å². The first-order valence-electron chi connectivity index (χ1n) is 9.39. The maximum Gasteiger partial charge on any atom is 0.252 e. The second kappa shape index (κ2) is 8.57. The van der Waals surface area contributed by atoms with Crippen LogP contribution in [0.25, 0.3) is 0 Å². The molecule has 0 bridgehead atoms. The van der Waals surface area contributed by atoms with E-state index in [2.05, 4.69) is 10.3 Å². The Morgan fingerprint density at radius 2 is 2.04 bits per heavy atom. The summed E-state index contributed by atoms with van der Waals surface area (Å²) in [6, 6.07) is 1.86. The second-order valence-corrected chi connectivity index (χ2v) is 10.3. The molecule has 1 aliphatic rings. The normalized spacial score (nSPS) is 16.6. The number of hydrogen-bond acceptors (Lipinski definition) is 6. The number of hydrogen-bond donors (Lipinski definition) is 1. The number of sulfone groups is 1. The van der Waals surface area contributed by atoms with Crippen LogP contribution in [0.4, 0.5) is 5.13 Å². The zero-order chi connectivity index (χ0) is 20.3. The molecule has 28 heavy (non-hydrogen) atoms. The van der Waals surface area contributed by atoms with Gasteiger partial charge in [-0.3, -0.25) is 9.59 Å². The third-order valence-electron chi connectivity index (χ3n) is 5.22. The van der Waals surface area contributed by atoms with E-state index >= 15 is 0 Å². The second-order valence-electron chi connectivity index (χ2n) is 7.39. The number of aromatic nitrogens is 2. The van der Waals surface area contributed by atoms with Crippen LogP contribution >= 0.6 is 11.3 Å². The summed E-state index contributed by atoms with van der Waals surface area (Å²) in [7, 11) is -3.50. The number of pyridine rings is 1. The minimum atomic E-state index is -3.50. The minimum Gasteiger partial charge on any atom is -0.300 e. The highest BCUT2D eigenvalue weighted by atomic mass is 32.2. The van der Waals surface area contributed by atoms with E-state index in [1.165, 1.54) is 28.4 Å². The average Bonchev–Trinajstić information content (AvgIpc) is 3.13. The Morgan fingerprint density at radius 1 is 1.32 bits per heavy atom. The molecule has 1 N–H and O–H groups in total. The van der Waals surface area contributed by atoms with Crippen molar-refractivity contribution in [1.82, 2.24) is 9.55 Å². The fourth-order valence-corrected chi connectivity index (χ4v) is 5.07. The molecule has 0 radical (unpaired) electrons. The van der Waals surface area contributed by atoms with Crippen LogP contribution in [-0.2, 0) is 14.6 Å². The van der Waals surface area contributed by atoms with Gasteiger partial charge in [0.05, 0.1) is 4.90 Å². The van der Waals surface area contributed by atoms with Gasteiger partial charge in [0, 0.05) is 29.6 Å². The third-order valence-corrected chi connectivity index (χ3v) is 7.00. The lowest BCUT2D eigenvalue weighted by atomic mass is 9.84. The number of amides is 1. The first kappa shape index (κ1) is 20.7. The highest BCUT2D eigenvalue weighted by Crippen LogP contribution is 2.32. The quantitative estimate of drug-likeness (QED) is 0.769. The number of nitrogens with one attached hydrogen (secondary N) is 1. The molecule has 0 aromatic carbocycles. The van der Waals surface area contributed by atoms with Crippen LogP contribution in [0.2, 0.25) is 0 Å². The predicted octanol–water partition coefficient (Wildman–Crippen LogP) is 3.17. The molecule has 1 saturated carbocycles. The number of aryl methyl sites for hydroxylation is 1. The van der Waals surface area contributed by atoms with Crippen LogP contribution in [-0.4, -0.2) is 30.1 Å². The lowest BCUT2D eigenvalue weighted by molar-refractivity contribution is -0.120. The lowest BCUT2D eigenvalue weighted by Gasteiger charge is -2.28. The van der Waals surface area contributed by atoms with Gasteiger partial charge in [0.15, 0.2) is 15.0 Å². The van der Waals surface area contributed by atoms with Crippen molar-refractivity contribution < 1.29 is 13.2 Å². The number of carbonyl (C=O) groups excluding carboxylic acids is 1. The standard InChI is InChI=1S/C19H25N3O4S2/c1-13-10-15(28(2,25)26)12-17(23)22(13)16(11-14-6-4-3-5-7-14)18(24)21-19-20-8-9-27-19/h8-10,12,14,16H,3-7,11H2,1-2H3,(H,20,21,24)/t16-/m0/s1. The van der Waals surface area contributed by atoms with Gasteiger partial charge in [-0.25, -0.2) is 13.4 Å². The summed E-state index contributed by atoms with van der Waals surface area (Å²) in [6.45, 7) is 1.67. The summed E-state index contributed by atoms with van der Waals surface area (Å²) in [4.78, 5) is 29.9. The molecule has 1 amide bonds. The van der Waals surface area contributed by atoms with E-state index in [9.17, 15) is 18.0 Å². The van der Waals surface area contributed by atoms with E-state index in [1.54, 1.807) is 18.5 Å². The molecule has 152 valence electrons. The molecule has 2 aromatic rings. The Labute approximate surface area is 168 Å². The van der Waals surface area contributed by atoms with Crippen molar-refractivity contribution in [1.29, 1.82) is 0 Å². The highest BCUT2D eigenvalue weighted by Gasteiger charge is 2.28. The van der Waals surface area contributed by atoms with Gasteiger partial charge >= 0.3 is 0 Å². The fraction of sp³-hybridized carbons (Fsp3) is 0.526. The van der Waals surface area contributed by atoms with E-state index in [1.807, 2.05) is 0 Å². The minimum absolute atomic E-state index is 0.0250.